The number of hydrogen-bond donors (Lipinski definition) is 0. The van der Waals surface area contributed by atoms with E-state index in [2.05, 4.69) is 36.6 Å². The second-order valence-electron chi connectivity index (χ2n) is 3.31. The number of rotatable bonds is 4. The predicted octanol–water partition coefficient (Wildman–Crippen LogP) is 4.20. The van der Waals surface area contributed by atoms with Gasteiger partial charge in [0, 0.05) is 12.1 Å². The topological polar surface area (TPSA) is 52.4 Å². The molecule has 4 nitrogen and oxygen atoms in total. The van der Waals surface area contributed by atoms with Gasteiger partial charge in [-0.05, 0) is 15.9 Å². The van der Waals surface area contributed by atoms with E-state index in [9.17, 15) is 27.7 Å². The SMILES string of the molecule is O=[N+]([O-])c1cc(Br)c(F)cc1OCC(Br)C(F)(F)F. The van der Waals surface area contributed by atoms with Gasteiger partial charge in [-0.3, -0.25) is 10.1 Å². The van der Waals surface area contributed by atoms with Gasteiger partial charge in [-0.15, -0.1) is 0 Å². The standard InChI is InChI=1S/C9H5Br2F4NO3/c10-4-1-6(16(17)18)7(2-5(4)12)19-3-8(11)9(13,14)15/h1-2,8H,3H2. The first kappa shape index (κ1) is 16.2. The molecule has 0 aliphatic heterocycles. The van der Waals surface area contributed by atoms with Gasteiger partial charge in [0.2, 0.25) is 0 Å². The number of nitro benzene ring substituents is 1. The molecule has 10 heteroatoms. The minimum absolute atomic E-state index is 0.183. The predicted molar refractivity (Wildman–Crippen MR) is 65.0 cm³/mol. The Balaban J connectivity index is 2.95. The van der Waals surface area contributed by atoms with Crippen LogP contribution in [0.1, 0.15) is 0 Å². The van der Waals surface area contributed by atoms with E-state index in [4.69, 9.17) is 0 Å². The Labute approximate surface area is 121 Å². The van der Waals surface area contributed by atoms with E-state index in [0.717, 1.165) is 6.07 Å². The molecule has 0 bridgehead atoms. The third-order valence-corrected chi connectivity index (χ3v) is 3.33. The lowest BCUT2D eigenvalue weighted by Gasteiger charge is -2.15. The molecular weight excluding hydrogens is 406 g/mol. The highest BCUT2D eigenvalue weighted by atomic mass is 79.9. The summed E-state index contributed by atoms with van der Waals surface area (Å²) in [5.74, 6) is -1.45. The molecule has 0 aliphatic carbocycles. The maximum Gasteiger partial charge on any atom is 0.404 e. The zero-order valence-electron chi connectivity index (χ0n) is 8.88. The van der Waals surface area contributed by atoms with E-state index in [1.54, 1.807) is 0 Å². The van der Waals surface area contributed by atoms with Crippen LogP contribution in [0.2, 0.25) is 0 Å². The molecule has 19 heavy (non-hydrogen) atoms. The summed E-state index contributed by atoms with van der Waals surface area (Å²) in [5, 5.41) is 10.7. The number of alkyl halides is 4. The minimum atomic E-state index is -4.57. The molecule has 0 amide bonds. The van der Waals surface area contributed by atoms with Crippen LogP contribution >= 0.6 is 31.9 Å². The van der Waals surface area contributed by atoms with Crippen molar-refractivity contribution in [2.24, 2.45) is 0 Å². The van der Waals surface area contributed by atoms with Crippen LogP contribution in [0.15, 0.2) is 16.6 Å². The van der Waals surface area contributed by atoms with E-state index >= 15 is 0 Å². The Hall–Kier alpha value is -0.900. The first-order valence-corrected chi connectivity index (χ1v) is 6.30. The molecule has 1 rings (SSSR count). The number of halogens is 6. The van der Waals surface area contributed by atoms with E-state index in [-0.39, 0.29) is 4.47 Å². The zero-order valence-corrected chi connectivity index (χ0v) is 12.1. The summed E-state index contributed by atoms with van der Waals surface area (Å²) in [4.78, 5) is 7.79. The minimum Gasteiger partial charge on any atom is -0.485 e. The third-order valence-electron chi connectivity index (χ3n) is 1.94. The fourth-order valence-electron chi connectivity index (χ4n) is 1.03. The Morgan fingerprint density at radius 3 is 2.47 bits per heavy atom. The Morgan fingerprint density at radius 2 is 2.00 bits per heavy atom. The molecule has 1 unspecified atom stereocenters. The summed E-state index contributed by atoms with van der Waals surface area (Å²) in [6.45, 7) is -0.911. The molecule has 0 spiro atoms. The summed E-state index contributed by atoms with van der Waals surface area (Å²) < 4.78 is 54.3. The Bertz CT molecular complexity index is 495. The van der Waals surface area contributed by atoms with Gasteiger partial charge in [0.1, 0.15) is 17.3 Å². The highest BCUT2D eigenvalue weighted by Gasteiger charge is 2.38. The number of hydrogen-bond acceptors (Lipinski definition) is 3. The van der Waals surface area contributed by atoms with Gasteiger partial charge < -0.3 is 4.74 Å². The van der Waals surface area contributed by atoms with Crippen LogP contribution in [0, 0.1) is 15.9 Å². The molecule has 0 saturated carbocycles. The molecule has 106 valence electrons. The monoisotopic (exact) mass is 409 g/mol. The summed E-state index contributed by atoms with van der Waals surface area (Å²) in [5.41, 5.74) is -0.629. The number of nitrogens with zero attached hydrogens (tertiary/aromatic N) is 1. The van der Waals surface area contributed by atoms with Crippen molar-refractivity contribution in [2.45, 2.75) is 11.0 Å². The molecule has 0 N–H and O–H groups in total. The van der Waals surface area contributed by atoms with Crippen LogP contribution in [-0.4, -0.2) is 22.5 Å². The van der Waals surface area contributed by atoms with E-state index in [0.29, 0.717) is 6.07 Å². The maximum absolute atomic E-state index is 13.2. The van der Waals surface area contributed by atoms with Crippen molar-refractivity contribution >= 4 is 37.5 Å². The first-order valence-electron chi connectivity index (χ1n) is 4.60. The van der Waals surface area contributed by atoms with Gasteiger partial charge in [-0.2, -0.15) is 13.2 Å². The van der Waals surface area contributed by atoms with Crippen molar-refractivity contribution < 1.29 is 27.2 Å². The Morgan fingerprint density at radius 1 is 1.42 bits per heavy atom. The number of benzene rings is 1. The molecule has 0 saturated heterocycles. The third kappa shape index (κ3) is 4.30. The quantitative estimate of drug-likeness (QED) is 0.323. The number of nitro groups is 1. The zero-order chi connectivity index (χ0) is 14.8. The number of ether oxygens (including phenoxy) is 1. The molecule has 1 aromatic carbocycles. The second-order valence-corrected chi connectivity index (χ2v) is 5.27. The molecule has 0 aliphatic rings. The van der Waals surface area contributed by atoms with Crippen LogP contribution in [0.5, 0.6) is 5.75 Å². The van der Waals surface area contributed by atoms with Gasteiger partial charge in [0.25, 0.3) is 0 Å². The van der Waals surface area contributed by atoms with Crippen molar-refractivity contribution in [2.75, 3.05) is 6.61 Å². The van der Waals surface area contributed by atoms with Crippen molar-refractivity contribution in [3.05, 3.63) is 32.5 Å². The molecule has 1 aromatic rings. The summed E-state index contributed by atoms with van der Waals surface area (Å²) in [7, 11) is 0. The molecule has 0 radical (unpaired) electrons. The normalized spacial score (nSPS) is 13.2. The summed E-state index contributed by atoms with van der Waals surface area (Å²) >= 11 is 5.06. The van der Waals surface area contributed by atoms with Crippen molar-refractivity contribution in [1.29, 1.82) is 0 Å². The average Bonchev–Trinajstić information content (AvgIpc) is 2.28. The smallest absolute Gasteiger partial charge is 0.404 e. The van der Waals surface area contributed by atoms with Gasteiger partial charge in [-0.25, -0.2) is 4.39 Å². The molecule has 0 heterocycles. The fraction of sp³-hybridized carbons (Fsp3) is 0.333. The first-order chi connectivity index (χ1) is 8.62. The van der Waals surface area contributed by atoms with E-state index in [1.165, 1.54) is 0 Å². The van der Waals surface area contributed by atoms with Crippen molar-refractivity contribution in [1.82, 2.24) is 0 Å². The van der Waals surface area contributed by atoms with Gasteiger partial charge in [-0.1, -0.05) is 15.9 Å². The lowest BCUT2D eigenvalue weighted by Crippen LogP contribution is -2.29. The molecule has 0 fully saturated rings. The highest BCUT2D eigenvalue weighted by Crippen LogP contribution is 2.34. The van der Waals surface area contributed by atoms with Crippen LogP contribution in [0.4, 0.5) is 23.2 Å². The van der Waals surface area contributed by atoms with Crippen LogP contribution < -0.4 is 4.74 Å². The lowest BCUT2D eigenvalue weighted by molar-refractivity contribution is -0.386. The van der Waals surface area contributed by atoms with Crippen LogP contribution in [0.3, 0.4) is 0 Å². The summed E-state index contributed by atoms with van der Waals surface area (Å²) in [6, 6.07) is 1.47. The van der Waals surface area contributed by atoms with E-state index in [1.807, 2.05) is 0 Å². The molecular formula is C9H5Br2F4NO3. The van der Waals surface area contributed by atoms with Crippen LogP contribution in [-0.2, 0) is 0 Å². The van der Waals surface area contributed by atoms with Gasteiger partial charge >= 0.3 is 11.9 Å². The highest BCUT2D eigenvalue weighted by molar-refractivity contribution is 9.10. The Kier molecular flexibility index (Phi) is 5.13. The molecule has 1 atom stereocenters. The van der Waals surface area contributed by atoms with Crippen molar-refractivity contribution in [3.63, 3.8) is 0 Å². The van der Waals surface area contributed by atoms with Gasteiger partial charge in [0.05, 0.1) is 9.40 Å². The maximum atomic E-state index is 13.2. The van der Waals surface area contributed by atoms with Gasteiger partial charge in [0.15, 0.2) is 5.75 Å². The van der Waals surface area contributed by atoms with Crippen LogP contribution in [0.25, 0.3) is 0 Å². The average molecular weight is 411 g/mol. The summed E-state index contributed by atoms with van der Waals surface area (Å²) in [6.07, 6.45) is -4.57. The van der Waals surface area contributed by atoms with E-state index < -0.39 is 39.8 Å². The largest absolute Gasteiger partial charge is 0.485 e. The lowest BCUT2D eigenvalue weighted by atomic mass is 10.3. The molecule has 0 aromatic heterocycles. The van der Waals surface area contributed by atoms with Crippen molar-refractivity contribution in [3.8, 4) is 5.75 Å². The second kappa shape index (κ2) is 6.04. The fourth-order valence-corrected chi connectivity index (χ4v) is 1.50.